The normalized spacial score (nSPS) is 27.6. The summed E-state index contributed by atoms with van der Waals surface area (Å²) in [5.74, 6) is -1.86. The monoisotopic (exact) mass is 653 g/mol. The summed E-state index contributed by atoms with van der Waals surface area (Å²) in [6, 6.07) is 5.51. The molecule has 1 fully saturated rings. The molecule has 0 amide bonds. The van der Waals surface area contributed by atoms with Crippen molar-refractivity contribution >= 4 is 35.2 Å². The van der Waals surface area contributed by atoms with E-state index in [1.807, 2.05) is 4.90 Å². The number of Topliss-reactive ketones (excluding diaryl/α,β-unsaturated/α-hetero) is 4. The predicted molar refractivity (Wildman–Crippen MR) is 170 cm³/mol. The van der Waals surface area contributed by atoms with E-state index in [2.05, 4.69) is 6.07 Å². The largest absolute Gasteiger partial charge is 0.497 e. The number of esters is 1. The molecule has 5 atom stereocenters. The summed E-state index contributed by atoms with van der Waals surface area (Å²) in [6.45, 7) is 2.70. The molecule has 0 unspecified atom stereocenters. The summed E-state index contributed by atoms with van der Waals surface area (Å²) in [7, 11) is 5.99. The number of likely N-dealkylation sites (N-methyl/N-ethyl adjacent to an activating group) is 1. The van der Waals surface area contributed by atoms with Gasteiger partial charge in [0, 0.05) is 51.6 Å². The molecule has 12 heteroatoms. The van der Waals surface area contributed by atoms with E-state index in [4.69, 9.17) is 18.9 Å². The Morgan fingerprint density at radius 2 is 1.42 bits per heavy atom. The third kappa shape index (κ3) is 4.93. The number of nitriles is 1. The average molecular weight is 654 g/mol. The van der Waals surface area contributed by atoms with E-state index in [0.29, 0.717) is 11.3 Å². The highest BCUT2D eigenvalue weighted by atomic mass is 16.5. The molecule has 6 rings (SSSR count). The van der Waals surface area contributed by atoms with Gasteiger partial charge in [0.2, 0.25) is 11.6 Å². The summed E-state index contributed by atoms with van der Waals surface area (Å²) in [5.41, 5.74) is 1.97. The molecule has 48 heavy (non-hydrogen) atoms. The van der Waals surface area contributed by atoms with Crippen molar-refractivity contribution in [3.8, 4) is 11.8 Å². The van der Waals surface area contributed by atoms with Gasteiger partial charge in [-0.15, -0.1) is 0 Å². The lowest BCUT2D eigenvalue weighted by Crippen LogP contribution is -2.74. The van der Waals surface area contributed by atoms with E-state index in [1.165, 1.54) is 27.2 Å². The van der Waals surface area contributed by atoms with Crippen molar-refractivity contribution in [1.29, 1.82) is 5.26 Å². The average Bonchev–Trinajstić information content (AvgIpc) is 3.08. The third-order valence-electron chi connectivity index (χ3n) is 10.1. The second-order valence-electron chi connectivity index (χ2n) is 12.3. The zero-order valence-corrected chi connectivity index (χ0v) is 27.5. The number of benzene rings is 1. The molecule has 3 aliphatic heterocycles. The van der Waals surface area contributed by atoms with E-state index >= 15 is 0 Å². The number of carbonyl (C=O) groups is 5. The highest BCUT2D eigenvalue weighted by Crippen LogP contribution is 2.49. The van der Waals surface area contributed by atoms with Crippen molar-refractivity contribution in [1.82, 2.24) is 9.80 Å². The van der Waals surface area contributed by atoms with Crippen molar-refractivity contribution in [2.45, 2.75) is 56.9 Å². The standard InChI is InChI=1S/C36H35N3O9/c1-17-31(41)21-14-24-30-29-22(32(42)18(2)36(47-6)34(29)44)13-23(38(30)3)25(15-37)39(24)26(28(21)33(43)35(17)46-5)16-48-27(40)12-9-19-7-10-20(45-4)11-8-19/h7-12,23-26,30H,13-14,16H2,1-6H3/b12-9+/t23-,24-,25-,26-,30-/m0/s1. The van der Waals surface area contributed by atoms with Gasteiger partial charge >= 0.3 is 5.97 Å². The molecule has 0 aromatic heterocycles. The van der Waals surface area contributed by atoms with Crippen LogP contribution >= 0.6 is 0 Å². The minimum absolute atomic E-state index is 0.0131. The minimum atomic E-state index is -1.02. The summed E-state index contributed by atoms with van der Waals surface area (Å²) in [6.07, 6.45) is 2.95. The quantitative estimate of drug-likeness (QED) is 0.241. The summed E-state index contributed by atoms with van der Waals surface area (Å²) in [4.78, 5) is 72.1. The Morgan fingerprint density at radius 1 is 0.854 bits per heavy atom. The number of piperazine rings is 1. The van der Waals surface area contributed by atoms with Crippen molar-refractivity contribution in [2.75, 3.05) is 35.0 Å². The van der Waals surface area contributed by atoms with Gasteiger partial charge < -0.3 is 18.9 Å². The van der Waals surface area contributed by atoms with Crippen LogP contribution in [0.5, 0.6) is 5.75 Å². The fourth-order valence-electron chi connectivity index (χ4n) is 7.87. The first-order chi connectivity index (χ1) is 23.0. The lowest BCUT2D eigenvalue weighted by atomic mass is 9.67. The summed E-state index contributed by atoms with van der Waals surface area (Å²) in [5, 5.41) is 10.7. The van der Waals surface area contributed by atoms with E-state index in [1.54, 1.807) is 56.3 Å². The predicted octanol–water partition coefficient (Wildman–Crippen LogP) is 2.41. The Labute approximate surface area is 277 Å². The lowest BCUT2D eigenvalue weighted by Gasteiger charge is -2.60. The molecule has 5 aliphatic rings. The van der Waals surface area contributed by atoms with Gasteiger partial charge in [-0.1, -0.05) is 12.1 Å². The molecule has 0 saturated carbocycles. The van der Waals surface area contributed by atoms with Crippen molar-refractivity contribution in [2.24, 2.45) is 0 Å². The Hall–Kier alpha value is -5.12. The van der Waals surface area contributed by atoms with Crippen LogP contribution in [0, 0.1) is 11.3 Å². The second-order valence-corrected chi connectivity index (χ2v) is 12.3. The van der Waals surface area contributed by atoms with Crippen LogP contribution in [0.1, 0.15) is 32.3 Å². The highest BCUT2D eigenvalue weighted by Gasteiger charge is 2.60. The highest BCUT2D eigenvalue weighted by molar-refractivity contribution is 6.26. The zero-order valence-electron chi connectivity index (χ0n) is 27.5. The van der Waals surface area contributed by atoms with Gasteiger partial charge in [-0.05, 0) is 57.5 Å². The topological polar surface area (TPSA) is 153 Å². The Kier molecular flexibility index (Phi) is 8.53. The van der Waals surface area contributed by atoms with Crippen LogP contribution in [0.2, 0.25) is 0 Å². The number of carbonyl (C=O) groups excluding carboxylic acids is 5. The molecule has 0 spiro atoms. The van der Waals surface area contributed by atoms with Gasteiger partial charge in [0.15, 0.2) is 23.1 Å². The number of fused-ring (bicyclic) bond motifs is 5. The minimum Gasteiger partial charge on any atom is -0.497 e. The number of allylic oxidation sites excluding steroid dienone is 4. The molecule has 1 aromatic rings. The number of nitrogens with zero attached hydrogens (tertiary/aromatic N) is 3. The molecule has 248 valence electrons. The number of ether oxygens (including phenoxy) is 4. The first-order valence-corrected chi connectivity index (χ1v) is 15.5. The molecule has 0 N–H and O–H groups in total. The van der Waals surface area contributed by atoms with Gasteiger partial charge in [-0.2, -0.15) is 5.26 Å². The summed E-state index contributed by atoms with van der Waals surface area (Å²) >= 11 is 0. The van der Waals surface area contributed by atoms with Crippen LogP contribution < -0.4 is 4.74 Å². The SMILES string of the molecule is COC1=C(C)C(=O)C2=C(C1=O)[C@@H]1[C@@H]3CC4=C(C(=O)C(OC)=C(C)C4=O)[C@H](COC(=O)/C=C/c4ccc(OC)cc4)N3[C@@H](C#N)[C@H](C2)N1C. The molecule has 2 bridgehead atoms. The number of rotatable bonds is 7. The molecule has 1 aromatic carbocycles. The molecule has 3 heterocycles. The van der Waals surface area contributed by atoms with Crippen molar-refractivity contribution in [3.63, 3.8) is 0 Å². The van der Waals surface area contributed by atoms with Gasteiger partial charge in [-0.3, -0.25) is 29.0 Å². The molecule has 12 nitrogen and oxygen atoms in total. The number of ketones is 4. The van der Waals surface area contributed by atoms with E-state index in [0.717, 1.165) is 5.56 Å². The Balaban J connectivity index is 1.42. The molecular formula is C36H35N3O9. The maximum absolute atomic E-state index is 14.0. The fourth-order valence-corrected chi connectivity index (χ4v) is 7.87. The molecule has 2 aliphatic carbocycles. The first kappa shape index (κ1) is 32.8. The molecular weight excluding hydrogens is 618 g/mol. The van der Waals surface area contributed by atoms with Crippen LogP contribution in [-0.2, 0) is 38.2 Å². The number of hydrogen-bond donors (Lipinski definition) is 0. The van der Waals surface area contributed by atoms with Gasteiger partial charge in [0.25, 0.3) is 0 Å². The van der Waals surface area contributed by atoms with Gasteiger partial charge in [-0.25, -0.2) is 4.79 Å². The van der Waals surface area contributed by atoms with Crippen LogP contribution in [-0.4, -0.2) is 104 Å². The first-order valence-electron chi connectivity index (χ1n) is 15.5. The Morgan fingerprint density at radius 3 is 1.98 bits per heavy atom. The maximum atomic E-state index is 14.0. The van der Waals surface area contributed by atoms with Crippen LogP contribution in [0.4, 0.5) is 0 Å². The van der Waals surface area contributed by atoms with E-state index in [9.17, 15) is 29.2 Å². The van der Waals surface area contributed by atoms with E-state index in [-0.39, 0.29) is 64.6 Å². The smallest absolute Gasteiger partial charge is 0.330 e. The molecule has 1 saturated heterocycles. The number of methoxy groups -OCH3 is 3. The van der Waals surface area contributed by atoms with Crippen molar-refractivity contribution < 1.29 is 42.9 Å². The maximum Gasteiger partial charge on any atom is 0.330 e. The van der Waals surface area contributed by atoms with Crippen LogP contribution in [0.3, 0.4) is 0 Å². The second kappa shape index (κ2) is 12.5. The summed E-state index contributed by atoms with van der Waals surface area (Å²) < 4.78 is 21.7. The van der Waals surface area contributed by atoms with Crippen LogP contribution in [0.25, 0.3) is 6.08 Å². The van der Waals surface area contributed by atoms with Crippen molar-refractivity contribution in [3.05, 3.63) is 80.9 Å². The lowest BCUT2D eigenvalue weighted by molar-refractivity contribution is -0.142. The van der Waals surface area contributed by atoms with Crippen LogP contribution in [0.15, 0.2) is 75.3 Å². The zero-order chi connectivity index (χ0) is 34.6. The van der Waals surface area contributed by atoms with Gasteiger partial charge in [0.05, 0.1) is 39.5 Å². The van der Waals surface area contributed by atoms with Gasteiger partial charge in [0.1, 0.15) is 18.4 Å². The third-order valence-corrected chi connectivity index (χ3v) is 10.1. The fraction of sp³-hybridized carbons (Fsp3) is 0.389. The number of hydrogen-bond acceptors (Lipinski definition) is 12. The Bertz CT molecular complexity index is 1860. The molecule has 0 radical (unpaired) electrons. The van der Waals surface area contributed by atoms with E-state index < -0.39 is 53.5 Å².